The van der Waals surface area contributed by atoms with Crippen LogP contribution >= 0.6 is 0 Å². The molecule has 0 saturated carbocycles. The van der Waals surface area contributed by atoms with Crippen LogP contribution in [0.5, 0.6) is 0 Å². The molecule has 0 aromatic rings. The van der Waals surface area contributed by atoms with Crippen LogP contribution in [0.2, 0.25) is 0 Å². The zero-order valence-corrected chi connectivity index (χ0v) is 16.1. The predicted molar refractivity (Wildman–Crippen MR) is 101 cm³/mol. The lowest BCUT2D eigenvalue weighted by Crippen LogP contribution is -2.62. The first-order valence-electron chi connectivity index (χ1n) is 9.87. The third kappa shape index (κ3) is 4.44. The lowest BCUT2D eigenvalue weighted by molar-refractivity contribution is -0.135. The van der Waals surface area contributed by atoms with Gasteiger partial charge in [0.15, 0.2) is 5.96 Å². The molecule has 4 fully saturated rings. The molecular formula is C18H34N6O. The van der Waals surface area contributed by atoms with Gasteiger partial charge in [0.25, 0.3) is 0 Å². The predicted octanol–water partition coefficient (Wildman–Crippen LogP) is -0.248. The lowest BCUT2D eigenvalue weighted by atomic mass is 10.1. The standard InChI is InChI=1S/C18H34N6O/c1-4-19-18(20-13-16-14-21-5-7-22(16)8-6-21)24-11-9-23(10-12-24)17(25)15(2)3/h15-16H,4-14H2,1-3H3,(H,19,20). The Balaban J connectivity index is 1.55. The van der Waals surface area contributed by atoms with Crippen molar-refractivity contribution in [2.24, 2.45) is 10.9 Å². The number of nitrogens with one attached hydrogen (secondary N) is 1. The molecule has 1 amide bonds. The van der Waals surface area contributed by atoms with Crippen LogP contribution in [-0.2, 0) is 4.79 Å². The van der Waals surface area contributed by atoms with Gasteiger partial charge in [-0.2, -0.15) is 0 Å². The van der Waals surface area contributed by atoms with Crippen molar-refractivity contribution in [3.05, 3.63) is 0 Å². The average Bonchev–Trinajstić information content (AvgIpc) is 2.65. The SMILES string of the molecule is CCNC(=NCC1CN2CCN1CC2)N1CCN(C(=O)C(C)C)CC1. The normalized spacial score (nSPS) is 30.1. The van der Waals surface area contributed by atoms with E-state index in [4.69, 9.17) is 4.99 Å². The minimum atomic E-state index is 0.0826. The number of nitrogens with zero attached hydrogens (tertiary/aromatic N) is 5. The summed E-state index contributed by atoms with van der Waals surface area (Å²) >= 11 is 0. The smallest absolute Gasteiger partial charge is 0.225 e. The number of piperazine rings is 4. The molecule has 4 heterocycles. The lowest BCUT2D eigenvalue weighted by Gasteiger charge is -2.47. The van der Waals surface area contributed by atoms with E-state index in [-0.39, 0.29) is 11.8 Å². The van der Waals surface area contributed by atoms with E-state index in [9.17, 15) is 4.79 Å². The highest BCUT2D eigenvalue weighted by Gasteiger charge is 2.32. The molecule has 0 aliphatic carbocycles. The molecule has 1 N–H and O–H groups in total. The van der Waals surface area contributed by atoms with E-state index in [0.717, 1.165) is 51.8 Å². The molecule has 1 unspecified atom stereocenters. The minimum absolute atomic E-state index is 0.0826. The molecule has 1 atom stereocenters. The maximum atomic E-state index is 12.2. The number of hydrogen-bond donors (Lipinski definition) is 1. The van der Waals surface area contributed by atoms with Crippen molar-refractivity contribution in [1.29, 1.82) is 0 Å². The quantitative estimate of drug-likeness (QED) is 0.560. The molecule has 4 rings (SSSR count). The molecule has 0 aromatic carbocycles. The number of carbonyl (C=O) groups is 1. The summed E-state index contributed by atoms with van der Waals surface area (Å²) in [6.07, 6.45) is 0. The largest absolute Gasteiger partial charge is 0.357 e. The van der Waals surface area contributed by atoms with Gasteiger partial charge in [-0.1, -0.05) is 13.8 Å². The van der Waals surface area contributed by atoms with Crippen LogP contribution in [0.3, 0.4) is 0 Å². The monoisotopic (exact) mass is 350 g/mol. The molecular weight excluding hydrogens is 316 g/mol. The number of hydrogen-bond acceptors (Lipinski definition) is 4. The van der Waals surface area contributed by atoms with Gasteiger partial charge in [-0.15, -0.1) is 0 Å². The number of amides is 1. The Hall–Kier alpha value is -1.34. The number of fused-ring (bicyclic) bond motifs is 3. The molecule has 25 heavy (non-hydrogen) atoms. The second-order valence-electron chi connectivity index (χ2n) is 7.65. The summed E-state index contributed by atoms with van der Waals surface area (Å²) in [4.78, 5) is 26.5. The van der Waals surface area contributed by atoms with Gasteiger partial charge in [-0.3, -0.25) is 19.6 Å². The Labute approximate surface area is 152 Å². The molecule has 7 nitrogen and oxygen atoms in total. The first-order chi connectivity index (χ1) is 12.1. The Kier molecular flexibility index (Phi) is 6.17. The van der Waals surface area contributed by atoms with Gasteiger partial charge in [0.2, 0.25) is 5.91 Å². The van der Waals surface area contributed by atoms with Gasteiger partial charge >= 0.3 is 0 Å². The first kappa shape index (κ1) is 18.5. The Morgan fingerprint density at radius 2 is 1.68 bits per heavy atom. The van der Waals surface area contributed by atoms with Crippen molar-refractivity contribution in [2.75, 3.05) is 72.0 Å². The molecule has 7 heteroatoms. The van der Waals surface area contributed by atoms with E-state index in [1.54, 1.807) is 0 Å². The van der Waals surface area contributed by atoms with Gasteiger partial charge in [0.1, 0.15) is 0 Å². The van der Waals surface area contributed by atoms with Crippen molar-refractivity contribution >= 4 is 11.9 Å². The Morgan fingerprint density at radius 3 is 2.20 bits per heavy atom. The molecule has 4 aliphatic heterocycles. The van der Waals surface area contributed by atoms with Crippen LogP contribution in [-0.4, -0.2) is 110 Å². The summed E-state index contributed by atoms with van der Waals surface area (Å²) < 4.78 is 0. The minimum Gasteiger partial charge on any atom is -0.357 e. The van der Waals surface area contributed by atoms with Crippen molar-refractivity contribution in [3.8, 4) is 0 Å². The van der Waals surface area contributed by atoms with Crippen LogP contribution in [0.25, 0.3) is 0 Å². The number of rotatable bonds is 4. The summed E-state index contributed by atoms with van der Waals surface area (Å²) in [6, 6.07) is 0.556. The molecule has 2 bridgehead atoms. The summed E-state index contributed by atoms with van der Waals surface area (Å²) in [5.41, 5.74) is 0. The first-order valence-corrected chi connectivity index (χ1v) is 9.87. The van der Waals surface area contributed by atoms with Gasteiger partial charge in [0.05, 0.1) is 6.54 Å². The van der Waals surface area contributed by atoms with Crippen LogP contribution in [0.1, 0.15) is 20.8 Å². The van der Waals surface area contributed by atoms with Crippen LogP contribution in [0.15, 0.2) is 4.99 Å². The Bertz CT molecular complexity index is 478. The van der Waals surface area contributed by atoms with Crippen LogP contribution in [0, 0.1) is 5.92 Å². The zero-order chi connectivity index (χ0) is 17.8. The molecule has 0 spiro atoms. The fraction of sp³-hybridized carbons (Fsp3) is 0.889. The molecule has 4 aliphatic rings. The van der Waals surface area contributed by atoms with E-state index < -0.39 is 0 Å². The van der Waals surface area contributed by atoms with E-state index >= 15 is 0 Å². The van der Waals surface area contributed by atoms with E-state index in [1.807, 2.05) is 18.7 Å². The molecule has 142 valence electrons. The van der Waals surface area contributed by atoms with Crippen molar-refractivity contribution in [1.82, 2.24) is 24.9 Å². The summed E-state index contributed by atoms with van der Waals surface area (Å²) in [7, 11) is 0. The molecule has 0 aromatic heterocycles. The van der Waals surface area contributed by atoms with Crippen molar-refractivity contribution in [2.45, 2.75) is 26.8 Å². The highest BCUT2D eigenvalue weighted by Crippen LogP contribution is 2.16. The fourth-order valence-corrected chi connectivity index (χ4v) is 4.02. The van der Waals surface area contributed by atoms with E-state index in [2.05, 4.69) is 26.9 Å². The summed E-state index contributed by atoms with van der Waals surface area (Å²) in [5, 5.41) is 3.44. The zero-order valence-electron chi connectivity index (χ0n) is 16.1. The van der Waals surface area contributed by atoms with Gasteiger partial charge in [0, 0.05) is 77.4 Å². The highest BCUT2D eigenvalue weighted by atomic mass is 16.2. The van der Waals surface area contributed by atoms with E-state index in [0.29, 0.717) is 6.04 Å². The maximum Gasteiger partial charge on any atom is 0.225 e. The van der Waals surface area contributed by atoms with Crippen LogP contribution < -0.4 is 5.32 Å². The molecule has 4 saturated heterocycles. The average molecular weight is 351 g/mol. The highest BCUT2D eigenvalue weighted by molar-refractivity contribution is 5.81. The van der Waals surface area contributed by atoms with Gasteiger partial charge in [-0.05, 0) is 6.92 Å². The third-order valence-corrected chi connectivity index (χ3v) is 5.56. The second-order valence-corrected chi connectivity index (χ2v) is 7.65. The number of aliphatic imine (C=N–C) groups is 1. The molecule has 0 radical (unpaired) electrons. The Morgan fingerprint density at radius 1 is 1.04 bits per heavy atom. The van der Waals surface area contributed by atoms with Crippen molar-refractivity contribution < 1.29 is 4.79 Å². The van der Waals surface area contributed by atoms with Gasteiger partial charge in [-0.25, -0.2) is 0 Å². The van der Waals surface area contributed by atoms with Crippen molar-refractivity contribution in [3.63, 3.8) is 0 Å². The fourth-order valence-electron chi connectivity index (χ4n) is 4.02. The maximum absolute atomic E-state index is 12.2. The summed E-state index contributed by atoms with van der Waals surface area (Å²) in [5.74, 6) is 1.36. The number of guanidine groups is 1. The topological polar surface area (TPSA) is 54.4 Å². The number of carbonyl (C=O) groups excluding carboxylic acids is 1. The summed E-state index contributed by atoms with van der Waals surface area (Å²) in [6.45, 7) is 17.1. The van der Waals surface area contributed by atoms with Crippen LogP contribution in [0.4, 0.5) is 0 Å². The van der Waals surface area contributed by atoms with E-state index in [1.165, 1.54) is 26.2 Å². The third-order valence-electron chi connectivity index (χ3n) is 5.56. The van der Waals surface area contributed by atoms with Gasteiger partial charge < -0.3 is 15.1 Å². The second kappa shape index (κ2) is 8.36.